The van der Waals surface area contributed by atoms with E-state index in [1.807, 2.05) is 18.2 Å². The van der Waals surface area contributed by atoms with Crippen molar-refractivity contribution in [2.24, 2.45) is 0 Å². The van der Waals surface area contributed by atoms with Crippen LogP contribution < -0.4 is 4.74 Å². The van der Waals surface area contributed by atoms with Gasteiger partial charge >= 0.3 is 0 Å². The molecule has 0 amide bonds. The minimum absolute atomic E-state index is 0.823. The Morgan fingerprint density at radius 3 is 3.29 bits per heavy atom. The third-order valence-corrected chi connectivity index (χ3v) is 2.69. The first-order valence-corrected chi connectivity index (χ1v) is 5.04. The molecule has 0 unspecified atom stereocenters. The molecule has 0 saturated carbocycles. The predicted octanol–water partition coefficient (Wildman–Crippen LogP) is 2.28. The first kappa shape index (κ1) is 7.85. The topological polar surface area (TPSA) is 37.9 Å². The summed E-state index contributed by atoms with van der Waals surface area (Å²) in [6.45, 7) is 0.823. The quantitative estimate of drug-likeness (QED) is 0.688. The highest BCUT2D eigenvalue weighted by atomic mass is 16.5. The van der Waals surface area contributed by atoms with Gasteiger partial charge in [0.1, 0.15) is 5.75 Å². The fourth-order valence-electron chi connectivity index (χ4n) is 1.98. The third-order valence-electron chi connectivity index (χ3n) is 2.69. The minimum atomic E-state index is 0.823. The number of nitrogens with one attached hydrogen (secondary N) is 1. The average Bonchev–Trinajstić information content (AvgIpc) is 2.57. The van der Waals surface area contributed by atoms with Crippen molar-refractivity contribution in [3.63, 3.8) is 0 Å². The lowest BCUT2D eigenvalue weighted by Crippen LogP contribution is -2.02. The Morgan fingerprint density at radius 1 is 1.29 bits per heavy atom. The Morgan fingerprint density at radius 2 is 2.29 bits per heavy atom. The van der Waals surface area contributed by atoms with E-state index in [9.17, 15) is 0 Å². The Bertz CT molecular complexity index is 461. The Balaban J connectivity index is 2.28. The monoisotopic (exact) mass is 188 g/mol. The summed E-state index contributed by atoms with van der Waals surface area (Å²) in [7, 11) is 0. The van der Waals surface area contributed by atoms with Crippen molar-refractivity contribution in [2.45, 2.75) is 19.3 Å². The van der Waals surface area contributed by atoms with Gasteiger partial charge in [0.2, 0.25) is 0 Å². The zero-order valence-electron chi connectivity index (χ0n) is 7.92. The van der Waals surface area contributed by atoms with Crippen LogP contribution in [-0.2, 0) is 6.42 Å². The van der Waals surface area contributed by atoms with Crippen LogP contribution in [0.15, 0.2) is 18.2 Å². The van der Waals surface area contributed by atoms with Gasteiger partial charge in [0.15, 0.2) is 0 Å². The molecule has 3 rings (SSSR count). The first-order valence-electron chi connectivity index (χ1n) is 5.04. The van der Waals surface area contributed by atoms with Gasteiger partial charge in [-0.25, -0.2) is 0 Å². The van der Waals surface area contributed by atoms with E-state index in [4.69, 9.17) is 4.74 Å². The lowest BCUT2D eigenvalue weighted by atomic mass is 10.1. The van der Waals surface area contributed by atoms with Crippen LogP contribution in [0.2, 0.25) is 0 Å². The molecule has 3 nitrogen and oxygen atoms in total. The summed E-state index contributed by atoms with van der Waals surface area (Å²) in [5.41, 5.74) is 2.23. The van der Waals surface area contributed by atoms with Gasteiger partial charge < -0.3 is 4.74 Å². The van der Waals surface area contributed by atoms with E-state index in [0.717, 1.165) is 42.8 Å². The molecule has 0 aliphatic carbocycles. The molecule has 2 aromatic rings. The lowest BCUT2D eigenvalue weighted by molar-refractivity contribution is 0.307. The first-order chi connectivity index (χ1) is 6.95. The highest BCUT2D eigenvalue weighted by molar-refractivity contribution is 5.87. The van der Waals surface area contributed by atoms with E-state index in [1.54, 1.807) is 0 Å². The maximum absolute atomic E-state index is 5.70. The highest BCUT2D eigenvalue weighted by Crippen LogP contribution is 2.29. The third kappa shape index (κ3) is 1.09. The maximum Gasteiger partial charge on any atom is 0.130 e. The molecular formula is C11H12N2O. The lowest BCUT2D eigenvalue weighted by Gasteiger charge is -2.11. The molecular weight excluding hydrogens is 176 g/mol. The van der Waals surface area contributed by atoms with E-state index in [0.29, 0.717) is 0 Å². The SMILES string of the molecule is c1cc2c3c(n[nH]c3c1)CCCCO2. The van der Waals surface area contributed by atoms with Crippen molar-refractivity contribution in [3.05, 3.63) is 23.9 Å². The summed E-state index contributed by atoms with van der Waals surface area (Å²) in [5, 5.41) is 8.54. The van der Waals surface area contributed by atoms with Crippen LogP contribution in [0.5, 0.6) is 5.75 Å². The number of H-pyrrole nitrogens is 1. The molecule has 3 heteroatoms. The zero-order valence-corrected chi connectivity index (χ0v) is 7.92. The molecule has 0 atom stereocenters. The molecule has 0 bridgehead atoms. The normalized spacial score (nSPS) is 16.0. The van der Waals surface area contributed by atoms with Crippen LogP contribution in [-0.4, -0.2) is 16.8 Å². The molecule has 0 fully saturated rings. The van der Waals surface area contributed by atoms with Crippen LogP contribution in [0.1, 0.15) is 18.5 Å². The smallest absolute Gasteiger partial charge is 0.130 e. The standard InChI is InChI=1S/C11H12N2O/c1-2-7-14-10-6-3-5-9-11(10)8(4-1)12-13-9/h3,5-6H,1-2,4,7H2,(H,12,13). The Hall–Kier alpha value is -1.51. The van der Waals surface area contributed by atoms with Crippen LogP contribution in [0.3, 0.4) is 0 Å². The Kier molecular flexibility index (Phi) is 1.69. The molecule has 1 aliphatic rings. The van der Waals surface area contributed by atoms with Crippen molar-refractivity contribution in [1.82, 2.24) is 10.2 Å². The van der Waals surface area contributed by atoms with Crippen LogP contribution in [0.4, 0.5) is 0 Å². The van der Waals surface area contributed by atoms with Crippen LogP contribution >= 0.6 is 0 Å². The molecule has 14 heavy (non-hydrogen) atoms. The number of ether oxygens (including phenoxy) is 1. The second-order valence-corrected chi connectivity index (χ2v) is 3.65. The van der Waals surface area contributed by atoms with Gasteiger partial charge in [0, 0.05) is 0 Å². The fraction of sp³-hybridized carbons (Fsp3) is 0.364. The molecule has 1 aromatic carbocycles. The van der Waals surface area contributed by atoms with Gasteiger partial charge in [-0.05, 0) is 31.4 Å². The summed E-state index contributed by atoms with van der Waals surface area (Å²) in [4.78, 5) is 0. The molecule has 1 aliphatic heterocycles. The maximum atomic E-state index is 5.70. The van der Waals surface area contributed by atoms with Crippen molar-refractivity contribution in [1.29, 1.82) is 0 Å². The van der Waals surface area contributed by atoms with E-state index >= 15 is 0 Å². The number of rotatable bonds is 0. The second-order valence-electron chi connectivity index (χ2n) is 3.65. The van der Waals surface area contributed by atoms with Gasteiger partial charge in [-0.2, -0.15) is 5.10 Å². The highest BCUT2D eigenvalue weighted by Gasteiger charge is 2.12. The summed E-state index contributed by atoms with van der Waals surface area (Å²) in [5.74, 6) is 0.978. The zero-order chi connectivity index (χ0) is 9.38. The predicted molar refractivity (Wildman–Crippen MR) is 54.5 cm³/mol. The molecule has 1 aromatic heterocycles. The van der Waals surface area contributed by atoms with Crippen molar-refractivity contribution >= 4 is 10.9 Å². The van der Waals surface area contributed by atoms with E-state index in [2.05, 4.69) is 10.2 Å². The van der Waals surface area contributed by atoms with Crippen molar-refractivity contribution in [2.75, 3.05) is 6.61 Å². The minimum Gasteiger partial charge on any atom is -0.493 e. The van der Waals surface area contributed by atoms with Gasteiger partial charge in [0.05, 0.1) is 23.2 Å². The number of hydrogen-bond acceptors (Lipinski definition) is 2. The molecule has 0 radical (unpaired) electrons. The number of aromatic nitrogens is 2. The summed E-state index contributed by atoms with van der Waals surface area (Å²) < 4.78 is 5.70. The summed E-state index contributed by atoms with van der Waals surface area (Å²) in [6.07, 6.45) is 3.33. The molecule has 72 valence electrons. The van der Waals surface area contributed by atoms with E-state index in [-0.39, 0.29) is 0 Å². The van der Waals surface area contributed by atoms with Gasteiger partial charge in [-0.1, -0.05) is 6.07 Å². The largest absolute Gasteiger partial charge is 0.493 e. The number of benzene rings is 1. The summed E-state index contributed by atoms with van der Waals surface area (Å²) in [6, 6.07) is 6.06. The molecule has 0 spiro atoms. The summed E-state index contributed by atoms with van der Waals surface area (Å²) >= 11 is 0. The second kappa shape index (κ2) is 3.01. The van der Waals surface area contributed by atoms with E-state index < -0.39 is 0 Å². The Labute approximate surface area is 82.1 Å². The van der Waals surface area contributed by atoms with Gasteiger partial charge in [0.25, 0.3) is 0 Å². The number of nitrogens with zero attached hydrogens (tertiary/aromatic N) is 1. The van der Waals surface area contributed by atoms with Gasteiger partial charge in [-0.15, -0.1) is 0 Å². The molecule has 0 saturated heterocycles. The van der Waals surface area contributed by atoms with Crippen LogP contribution in [0.25, 0.3) is 10.9 Å². The van der Waals surface area contributed by atoms with E-state index in [1.165, 1.54) is 5.39 Å². The fourth-order valence-corrected chi connectivity index (χ4v) is 1.98. The number of hydrogen-bond donors (Lipinski definition) is 1. The average molecular weight is 188 g/mol. The van der Waals surface area contributed by atoms with Crippen molar-refractivity contribution in [3.8, 4) is 5.75 Å². The van der Waals surface area contributed by atoms with Crippen LogP contribution in [0, 0.1) is 0 Å². The number of aryl methyl sites for hydroxylation is 1. The van der Waals surface area contributed by atoms with Crippen molar-refractivity contribution < 1.29 is 4.74 Å². The van der Waals surface area contributed by atoms with Gasteiger partial charge in [-0.3, -0.25) is 5.10 Å². The number of aromatic amines is 1. The molecule has 2 heterocycles. The molecule has 1 N–H and O–H groups in total.